The summed E-state index contributed by atoms with van der Waals surface area (Å²) in [6.07, 6.45) is 1.96. The maximum atomic E-state index is 13.1. The van der Waals surface area contributed by atoms with Gasteiger partial charge in [0.25, 0.3) is 0 Å². The molecular formula is C17H19FN2O5S. The summed E-state index contributed by atoms with van der Waals surface area (Å²) in [6.45, 7) is 1.80. The molecule has 0 fully saturated rings. The molecular weight excluding hydrogens is 363 g/mol. The molecule has 0 spiro atoms. The first-order valence-corrected chi connectivity index (χ1v) is 9.49. The van der Waals surface area contributed by atoms with Crippen LogP contribution in [0.2, 0.25) is 0 Å². The summed E-state index contributed by atoms with van der Waals surface area (Å²) < 4.78 is 44.0. The largest absolute Gasteiger partial charge is 0.468 e. The molecule has 2 amide bonds. The van der Waals surface area contributed by atoms with Gasteiger partial charge in [0.1, 0.15) is 16.8 Å². The third-order valence-electron chi connectivity index (χ3n) is 3.57. The van der Waals surface area contributed by atoms with Gasteiger partial charge in [-0.2, -0.15) is 0 Å². The van der Waals surface area contributed by atoms with Gasteiger partial charge in [-0.1, -0.05) is 6.92 Å². The van der Waals surface area contributed by atoms with E-state index in [-0.39, 0.29) is 17.2 Å². The zero-order valence-electron chi connectivity index (χ0n) is 14.1. The number of rotatable bonds is 7. The van der Waals surface area contributed by atoms with Crippen LogP contribution >= 0.6 is 0 Å². The van der Waals surface area contributed by atoms with E-state index in [1.165, 1.54) is 18.4 Å². The Labute approximate surface area is 150 Å². The first-order valence-electron chi connectivity index (χ1n) is 7.95. The summed E-state index contributed by atoms with van der Waals surface area (Å²) in [6, 6.07) is 7.30. The number of hydrogen-bond acceptors (Lipinski definition) is 5. The van der Waals surface area contributed by atoms with Crippen molar-refractivity contribution in [1.29, 1.82) is 0 Å². The van der Waals surface area contributed by atoms with Gasteiger partial charge in [-0.05, 0) is 42.8 Å². The summed E-state index contributed by atoms with van der Waals surface area (Å²) in [7, 11) is -3.99. The van der Waals surface area contributed by atoms with Crippen molar-refractivity contribution in [2.24, 2.45) is 0 Å². The molecule has 1 atom stereocenters. The third-order valence-corrected chi connectivity index (χ3v) is 5.64. The van der Waals surface area contributed by atoms with Crippen molar-refractivity contribution >= 4 is 21.7 Å². The van der Waals surface area contributed by atoms with Gasteiger partial charge in [-0.15, -0.1) is 0 Å². The van der Waals surface area contributed by atoms with E-state index in [1.807, 2.05) is 6.92 Å². The Hall–Kier alpha value is -2.68. The van der Waals surface area contributed by atoms with Gasteiger partial charge in [0.15, 0.2) is 9.84 Å². The molecule has 0 aliphatic carbocycles. The summed E-state index contributed by atoms with van der Waals surface area (Å²) in [4.78, 5) is 23.3. The molecule has 0 saturated carbocycles. The second-order valence-electron chi connectivity index (χ2n) is 5.47. The molecule has 0 radical (unpaired) electrons. The average Bonchev–Trinajstić information content (AvgIpc) is 3.14. The predicted molar refractivity (Wildman–Crippen MR) is 91.3 cm³/mol. The van der Waals surface area contributed by atoms with Crippen molar-refractivity contribution in [3.8, 4) is 0 Å². The minimum absolute atomic E-state index is 0.101. The molecule has 0 aliphatic heterocycles. The molecule has 2 N–H and O–H groups in total. The Bertz CT molecular complexity index is 848. The molecule has 1 aromatic carbocycles. The van der Waals surface area contributed by atoms with Crippen LogP contribution in [0.3, 0.4) is 0 Å². The predicted octanol–water partition coefficient (Wildman–Crippen LogP) is 1.58. The molecule has 2 aromatic rings. The lowest BCUT2D eigenvalue weighted by molar-refractivity contribution is -0.139. The van der Waals surface area contributed by atoms with E-state index in [0.29, 0.717) is 13.0 Å². The fourth-order valence-corrected chi connectivity index (χ4v) is 3.80. The first-order chi connectivity index (χ1) is 12.4. The molecule has 0 aliphatic rings. The zero-order valence-corrected chi connectivity index (χ0v) is 14.9. The Balaban J connectivity index is 2.21. The molecule has 9 heteroatoms. The van der Waals surface area contributed by atoms with Gasteiger partial charge in [-0.3, -0.25) is 9.59 Å². The zero-order chi connectivity index (χ0) is 19.2. The molecule has 7 nitrogen and oxygen atoms in total. The molecule has 0 saturated heterocycles. The standard InChI is InChI=1S/C17H19FN2O5S/c1-2-9-19-16(21)17(22)20-11-15(14-4-3-10-25-14)26(23,24)13-7-5-12(18)6-8-13/h3-8,10,15H,2,9,11H2,1H3,(H,19,21)(H,20,22)/t15-/m1/s1. The van der Waals surface area contributed by atoms with Gasteiger partial charge in [0.2, 0.25) is 0 Å². The number of sulfone groups is 1. The van der Waals surface area contributed by atoms with Gasteiger partial charge in [0, 0.05) is 13.1 Å². The highest BCUT2D eigenvalue weighted by molar-refractivity contribution is 7.91. The maximum Gasteiger partial charge on any atom is 0.309 e. The first kappa shape index (κ1) is 19.6. The molecule has 26 heavy (non-hydrogen) atoms. The number of halogens is 1. The fourth-order valence-electron chi connectivity index (χ4n) is 2.21. The van der Waals surface area contributed by atoms with Crippen LogP contribution in [-0.4, -0.2) is 33.3 Å². The summed E-state index contributed by atoms with van der Waals surface area (Å²) in [5, 5.41) is 3.45. The Morgan fingerprint density at radius 1 is 1.12 bits per heavy atom. The number of carbonyl (C=O) groups excluding carboxylic acids is 2. The Morgan fingerprint density at radius 2 is 1.77 bits per heavy atom. The number of nitrogens with one attached hydrogen (secondary N) is 2. The highest BCUT2D eigenvalue weighted by Crippen LogP contribution is 2.29. The van der Waals surface area contributed by atoms with Crippen molar-refractivity contribution < 1.29 is 26.8 Å². The quantitative estimate of drug-likeness (QED) is 0.559. The van der Waals surface area contributed by atoms with Gasteiger partial charge < -0.3 is 15.1 Å². The van der Waals surface area contributed by atoms with Crippen molar-refractivity contribution in [1.82, 2.24) is 10.6 Å². The van der Waals surface area contributed by atoms with Crippen LogP contribution in [0.15, 0.2) is 52.0 Å². The van der Waals surface area contributed by atoms with E-state index in [9.17, 15) is 22.4 Å². The Morgan fingerprint density at radius 3 is 2.35 bits per heavy atom. The average molecular weight is 382 g/mol. The Kier molecular flexibility index (Phi) is 6.51. The van der Waals surface area contributed by atoms with Crippen LogP contribution < -0.4 is 10.6 Å². The number of benzene rings is 1. The van der Waals surface area contributed by atoms with Crippen LogP contribution in [0.25, 0.3) is 0 Å². The van der Waals surface area contributed by atoms with Crippen LogP contribution in [-0.2, 0) is 19.4 Å². The van der Waals surface area contributed by atoms with Crippen molar-refractivity contribution in [2.45, 2.75) is 23.5 Å². The van der Waals surface area contributed by atoms with E-state index >= 15 is 0 Å². The highest BCUT2D eigenvalue weighted by atomic mass is 32.2. The minimum atomic E-state index is -3.99. The van der Waals surface area contributed by atoms with E-state index in [2.05, 4.69) is 10.6 Å². The normalized spacial score (nSPS) is 12.4. The lowest BCUT2D eigenvalue weighted by atomic mass is 10.3. The monoisotopic (exact) mass is 382 g/mol. The minimum Gasteiger partial charge on any atom is -0.468 e. The van der Waals surface area contributed by atoms with Crippen molar-refractivity contribution in [2.75, 3.05) is 13.1 Å². The van der Waals surface area contributed by atoms with Crippen LogP contribution in [0, 0.1) is 5.82 Å². The van der Waals surface area contributed by atoms with Gasteiger partial charge in [0.05, 0.1) is 11.2 Å². The van der Waals surface area contributed by atoms with Gasteiger partial charge in [-0.25, -0.2) is 12.8 Å². The molecule has 1 aromatic heterocycles. The molecule has 1 heterocycles. The molecule has 0 unspecified atom stereocenters. The van der Waals surface area contributed by atoms with E-state index < -0.39 is 32.7 Å². The van der Waals surface area contributed by atoms with Crippen molar-refractivity contribution in [3.05, 3.63) is 54.2 Å². The van der Waals surface area contributed by atoms with E-state index in [0.717, 1.165) is 24.3 Å². The summed E-state index contributed by atoms with van der Waals surface area (Å²) in [5.41, 5.74) is 0. The number of carbonyl (C=O) groups is 2. The van der Waals surface area contributed by atoms with Gasteiger partial charge >= 0.3 is 11.8 Å². The third kappa shape index (κ3) is 4.69. The molecule has 140 valence electrons. The van der Waals surface area contributed by atoms with Crippen molar-refractivity contribution in [3.63, 3.8) is 0 Å². The highest BCUT2D eigenvalue weighted by Gasteiger charge is 2.32. The van der Waals surface area contributed by atoms with E-state index in [1.54, 1.807) is 0 Å². The number of furan rings is 1. The smallest absolute Gasteiger partial charge is 0.309 e. The number of amides is 2. The lowest BCUT2D eigenvalue weighted by Gasteiger charge is -2.16. The summed E-state index contributed by atoms with van der Waals surface area (Å²) >= 11 is 0. The molecule has 2 rings (SSSR count). The maximum absolute atomic E-state index is 13.1. The number of hydrogen-bond donors (Lipinski definition) is 2. The second kappa shape index (κ2) is 8.61. The fraction of sp³-hybridized carbons (Fsp3) is 0.294. The SMILES string of the molecule is CCCNC(=O)C(=O)NC[C@H](c1ccco1)S(=O)(=O)c1ccc(F)cc1. The summed E-state index contributed by atoms with van der Waals surface area (Å²) in [5.74, 6) is -2.25. The van der Waals surface area contributed by atoms with Crippen LogP contribution in [0.1, 0.15) is 24.4 Å². The lowest BCUT2D eigenvalue weighted by Crippen LogP contribution is -2.42. The van der Waals surface area contributed by atoms with E-state index in [4.69, 9.17) is 4.42 Å². The van der Waals surface area contributed by atoms with Crippen LogP contribution in [0.5, 0.6) is 0 Å². The topological polar surface area (TPSA) is 105 Å². The second-order valence-corrected chi connectivity index (χ2v) is 7.60. The molecule has 0 bridgehead atoms. The van der Waals surface area contributed by atoms with Crippen LogP contribution in [0.4, 0.5) is 4.39 Å².